The number of aryl methyl sites for hydroxylation is 1. The lowest BCUT2D eigenvalue weighted by Gasteiger charge is -2.16. The van der Waals surface area contributed by atoms with Crippen LogP contribution in [-0.2, 0) is 6.54 Å². The molecule has 0 spiro atoms. The highest BCUT2D eigenvalue weighted by atomic mass is 19.4. The Hall–Kier alpha value is -1.44. The molecule has 0 aromatic carbocycles. The zero-order chi connectivity index (χ0) is 13.2. The third kappa shape index (κ3) is 3.26. The van der Waals surface area contributed by atoms with E-state index in [2.05, 4.69) is 9.72 Å². The predicted octanol–water partition coefficient (Wildman–Crippen LogP) is 2.68. The molecule has 0 atom stereocenters. The van der Waals surface area contributed by atoms with Crippen LogP contribution in [0.15, 0.2) is 6.20 Å². The molecule has 0 aliphatic rings. The van der Waals surface area contributed by atoms with Crippen LogP contribution in [0.25, 0.3) is 0 Å². The van der Waals surface area contributed by atoms with Gasteiger partial charge in [0.15, 0.2) is 5.75 Å². The highest BCUT2D eigenvalue weighted by Crippen LogP contribution is 2.35. The fraction of sp³-hybridized carbons (Fsp3) is 0.444. The predicted molar refractivity (Wildman–Crippen MR) is 48.5 cm³/mol. The smallest absolute Gasteiger partial charge is 0.404 e. The van der Waals surface area contributed by atoms with Gasteiger partial charge in [0.1, 0.15) is 0 Å². The monoisotopic (exact) mass is 256 g/mol. The molecule has 0 saturated carbocycles. The average Bonchev–Trinajstić information content (AvgIpc) is 2.17. The summed E-state index contributed by atoms with van der Waals surface area (Å²) in [4.78, 5) is 3.54. The summed E-state index contributed by atoms with van der Waals surface area (Å²) in [5.74, 6) is -1.02. The number of nitrogens with two attached hydrogens (primary N) is 1. The SMILES string of the molecule is Cc1ncc(OC(F)(F)F)c(C(F)F)c1CN. The van der Waals surface area contributed by atoms with Crippen molar-refractivity contribution in [2.45, 2.75) is 26.3 Å². The molecular weight excluding hydrogens is 247 g/mol. The standard InChI is InChI=1S/C9H9F5N2O/c1-4-5(2-15)7(8(10)11)6(3-16-4)17-9(12,13)14/h3,8H,2,15H2,1H3. The number of aromatic nitrogens is 1. The number of halogens is 5. The normalized spacial score (nSPS) is 12.0. The maximum atomic E-state index is 12.7. The maximum Gasteiger partial charge on any atom is 0.573 e. The van der Waals surface area contributed by atoms with Gasteiger partial charge in [0, 0.05) is 12.2 Å². The number of hydrogen-bond acceptors (Lipinski definition) is 3. The fourth-order valence-electron chi connectivity index (χ4n) is 1.35. The molecule has 2 N–H and O–H groups in total. The van der Waals surface area contributed by atoms with Crippen molar-refractivity contribution >= 4 is 0 Å². The number of nitrogens with zero attached hydrogens (tertiary/aromatic N) is 1. The van der Waals surface area contributed by atoms with E-state index in [1.807, 2.05) is 0 Å². The molecule has 0 radical (unpaired) electrons. The molecule has 1 aromatic heterocycles. The molecule has 3 nitrogen and oxygen atoms in total. The second-order valence-corrected chi connectivity index (χ2v) is 3.15. The summed E-state index contributed by atoms with van der Waals surface area (Å²) in [6.45, 7) is 1.04. The van der Waals surface area contributed by atoms with E-state index in [-0.39, 0.29) is 17.8 Å². The number of ether oxygens (including phenoxy) is 1. The summed E-state index contributed by atoms with van der Waals surface area (Å²) in [7, 11) is 0. The van der Waals surface area contributed by atoms with E-state index in [9.17, 15) is 22.0 Å². The molecule has 17 heavy (non-hydrogen) atoms. The van der Waals surface area contributed by atoms with Crippen LogP contribution in [-0.4, -0.2) is 11.3 Å². The summed E-state index contributed by atoms with van der Waals surface area (Å²) in [5.41, 5.74) is 4.36. The third-order valence-corrected chi connectivity index (χ3v) is 2.05. The van der Waals surface area contributed by atoms with Crippen molar-refractivity contribution in [2.75, 3.05) is 0 Å². The largest absolute Gasteiger partial charge is 0.573 e. The van der Waals surface area contributed by atoms with Crippen LogP contribution in [0.5, 0.6) is 5.75 Å². The summed E-state index contributed by atoms with van der Waals surface area (Å²) in [6.07, 6.45) is -7.55. The molecular formula is C9H9F5N2O. The first kappa shape index (κ1) is 13.6. The van der Waals surface area contributed by atoms with Crippen LogP contribution in [0.3, 0.4) is 0 Å². The Kier molecular flexibility index (Phi) is 3.87. The van der Waals surface area contributed by atoms with Crippen molar-refractivity contribution in [3.8, 4) is 5.75 Å². The molecule has 8 heteroatoms. The zero-order valence-corrected chi connectivity index (χ0v) is 8.68. The van der Waals surface area contributed by atoms with E-state index in [0.717, 1.165) is 0 Å². The van der Waals surface area contributed by atoms with Crippen molar-refractivity contribution in [1.29, 1.82) is 0 Å². The van der Waals surface area contributed by atoms with Gasteiger partial charge >= 0.3 is 6.36 Å². The van der Waals surface area contributed by atoms with Gasteiger partial charge in [0.2, 0.25) is 0 Å². The van der Waals surface area contributed by atoms with Gasteiger partial charge in [0.25, 0.3) is 6.43 Å². The first-order valence-electron chi connectivity index (χ1n) is 4.48. The van der Waals surface area contributed by atoms with Gasteiger partial charge < -0.3 is 10.5 Å². The lowest BCUT2D eigenvalue weighted by molar-refractivity contribution is -0.275. The Morgan fingerprint density at radius 1 is 1.41 bits per heavy atom. The van der Waals surface area contributed by atoms with Gasteiger partial charge in [-0.2, -0.15) is 0 Å². The fourth-order valence-corrected chi connectivity index (χ4v) is 1.35. The van der Waals surface area contributed by atoms with E-state index >= 15 is 0 Å². The molecule has 0 amide bonds. The molecule has 0 bridgehead atoms. The summed E-state index contributed by atoms with van der Waals surface area (Å²) in [5, 5.41) is 0. The number of alkyl halides is 5. The van der Waals surface area contributed by atoms with Crippen molar-refractivity contribution in [1.82, 2.24) is 4.98 Å². The minimum Gasteiger partial charge on any atom is -0.404 e. The molecule has 0 fully saturated rings. The Bertz CT molecular complexity index is 405. The van der Waals surface area contributed by atoms with Crippen LogP contribution in [0.1, 0.15) is 23.2 Å². The highest BCUT2D eigenvalue weighted by molar-refractivity contribution is 5.41. The summed E-state index contributed by atoms with van der Waals surface area (Å²) >= 11 is 0. The zero-order valence-electron chi connectivity index (χ0n) is 8.68. The second-order valence-electron chi connectivity index (χ2n) is 3.15. The molecule has 0 aliphatic carbocycles. The van der Waals surface area contributed by atoms with Gasteiger partial charge in [-0.05, 0) is 12.5 Å². The average molecular weight is 256 g/mol. The topological polar surface area (TPSA) is 48.1 Å². The molecule has 0 aliphatic heterocycles. The van der Waals surface area contributed by atoms with Gasteiger partial charge in [-0.15, -0.1) is 13.2 Å². The van der Waals surface area contributed by atoms with Gasteiger partial charge in [-0.25, -0.2) is 8.78 Å². The van der Waals surface area contributed by atoms with E-state index < -0.39 is 24.1 Å². The van der Waals surface area contributed by atoms with E-state index in [1.165, 1.54) is 6.92 Å². The summed E-state index contributed by atoms with van der Waals surface area (Å²) in [6, 6.07) is 0. The highest BCUT2D eigenvalue weighted by Gasteiger charge is 2.34. The minimum absolute atomic E-state index is 0.137. The quantitative estimate of drug-likeness (QED) is 0.846. The van der Waals surface area contributed by atoms with Gasteiger partial charge in [-0.1, -0.05) is 0 Å². The summed E-state index contributed by atoms with van der Waals surface area (Å²) < 4.78 is 64.9. The first-order chi connectivity index (χ1) is 7.76. The van der Waals surface area contributed by atoms with Gasteiger partial charge in [-0.3, -0.25) is 4.98 Å². The van der Waals surface area contributed by atoms with Crippen LogP contribution < -0.4 is 10.5 Å². The lowest BCUT2D eigenvalue weighted by atomic mass is 10.1. The van der Waals surface area contributed by atoms with Crippen molar-refractivity contribution in [3.05, 3.63) is 23.0 Å². The molecule has 0 unspecified atom stereocenters. The third-order valence-electron chi connectivity index (χ3n) is 2.05. The molecule has 96 valence electrons. The Morgan fingerprint density at radius 3 is 2.41 bits per heavy atom. The first-order valence-corrected chi connectivity index (χ1v) is 4.48. The number of pyridine rings is 1. The minimum atomic E-state index is -5.05. The van der Waals surface area contributed by atoms with Gasteiger partial charge in [0.05, 0.1) is 11.8 Å². The van der Waals surface area contributed by atoms with Crippen LogP contribution >= 0.6 is 0 Å². The van der Waals surface area contributed by atoms with Crippen LogP contribution in [0.2, 0.25) is 0 Å². The number of rotatable bonds is 3. The molecule has 1 rings (SSSR count). The Balaban J connectivity index is 3.30. The van der Waals surface area contributed by atoms with Crippen LogP contribution in [0, 0.1) is 6.92 Å². The van der Waals surface area contributed by atoms with Crippen LogP contribution in [0.4, 0.5) is 22.0 Å². The molecule has 1 heterocycles. The Morgan fingerprint density at radius 2 is 2.00 bits per heavy atom. The Labute approximate surface area is 93.4 Å². The maximum absolute atomic E-state index is 12.7. The molecule has 0 saturated heterocycles. The van der Waals surface area contributed by atoms with E-state index in [4.69, 9.17) is 5.73 Å². The molecule has 1 aromatic rings. The van der Waals surface area contributed by atoms with Crippen molar-refractivity contribution in [3.63, 3.8) is 0 Å². The lowest BCUT2D eigenvalue weighted by Crippen LogP contribution is -2.20. The second kappa shape index (κ2) is 4.82. The number of hydrogen-bond donors (Lipinski definition) is 1. The van der Waals surface area contributed by atoms with E-state index in [0.29, 0.717) is 6.20 Å². The van der Waals surface area contributed by atoms with Crippen molar-refractivity contribution in [2.24, 2.45) is 5.73 Å². The van der Waals surface area contributed by atoms with Crippen molar-refractivity contribution < 1.29 is 26.7 Å². The van der Waals surface area contributed by atoms with E-state index in [1.54, 1.807) is 0 Å².